The first kappa shape index (κ1) is 16.8. The lowest BCUT2D eigenvalue weighted by molar-refractivity contribution is -0.117. The van der Waals surface area contributed by atoms with Crippen LogP contribution in [-0.4, -0.2) is 41.6 Å². The number of hydrogen-bond acceptors (Lipinski definition) is 4. The maximum Gasteiger partial charge on any atom is 0.227 e. The van der Waals surface area contributed by atoms with E-state index in [0.29, 0.717) is 6.04 Å². The first-order valence-corrected chi connectivity index (χ1v) is 9.91. The van der Waals surface area contributed by atoms with E-state index in [4.69, 9.17) is 0 Å². The summed E-state index contributed by atoms with van der Waals surface area (Å²) in [6, 6.07) is 0.498. The van der Waals surface area contributed by atoms with Crippen LogP contribution in [0.15, 0.2) is 16.9 Å². The van der Waals surface area contributed by atoms with Crippen LogP contribution in [0, 0.1) is 5.92 Å². The van der Waals surface area contributed by atoms with Gasteiger partial charge in [0.2, 0.25) is 5.91 Å². The Labute approximate surface area is 155 Å². The maximum atomic E-state index is 12.2. The largest absolute Gasteiger partial charge is 0.368 e. The quantitative estimate of drug-likeness (QED) is 0.713. The molecule has 2 aromatic rings. The van der Waals surface area contributed by atoms with Gasteiger partial charge in [-0.25, -0.2) is 4.98 Å². The van der Waals surface area contributed by atoms with E-state index < -0.39 is 0 Å². The number of likely N-dealkylation sites (N-methyl/N-ethyl adjacent to an activating group) is 1. The number of H-pyrrole nitrogens is 1. The zero-order valence-corrected chi connectivity index (χ0v) is 16.0. The van der Waals surface area contributed by atoms with Gasteiger partial charge in [-0.3, -0.25) is 4.79 Å². The molecule has 0 spiro atoms. The lowest BCUT2D eigenvalue weighted by Gasteiger charge is -2.35. The minimum absolute atomic E-state index is 0.121. The molecule has 1 saturated heterocycles. The van der Waals surface area contributed by atoms with Gasteiger partial charge >= 0.3 is 0 Å². The van der Waals surface area contributed by atoms with E-state index in [1.807, 2.05) is 12.4 Å². The summed E-state index contributed by atoms with van der Waals surface area (Å²) in [6.07, 6.45) is 8.06. The lowest BCUT2D eigenvalue weighted by atomic mass is 10.0. The highest BCUT2D eigenvalue weighted by Crippen LogP contribution is 2.39. The van der Waals surface area contributed by atoms with Crippen molar-refractivity contribution in [3.63, 3.8) is 0 Å². The third-order valence-corrected chi connectivity index (χ3v) is 5.65. The predicted octanol–water partition coefficient (Wildman–Crippen LogP) is 3.25. The van der Waals surface area contributed by atoms with E-state index in [1.54, 1.807) is 0 Å². The van der Waals surface area contributed by atoms with Crippen molar-refractivity contribution in [1.82, 2.24) is 15.3 Å². The molecule has 134 valence electrons. The number of nitrogens with zero attached hydrogens (tertiary/aromatic N) is 2. The van der Waals surface area contributed by atoms with Crippen molar-refractivity contribution in [2.45, 2.75) is 38.6 Å². The summed E-state index contributed by atoms with van der Waals surface area (Å²) in [5.74, 6) is 0.303. The molecule has 1 aliphatic carbocycles. The number of carbonyl (C=O) groups is 1. The molecule has 3 heterocycles. The van der Waals surface area contributed by atoms with Crippen LogP contribution in [0.25, 0.3) is 11.0 Å². The number of piperidine rings is 1. The molecule has 7 heteroatoms. The minimum Gasteiger partial charge on any atom is -0.368 e. The van der Waals surface area contributed by atoms with Crippen LogP contribution in [0.4, 0.5) is 11.4 Å². The van der Waals surface area contributed by atoms with Gasteiger partial charge < -0.3 is 20.5 Å². The second-order valence-electron chi connectivity index (χ2n) is 6.99. The second-order valence-corrected chi connectivity index (χ2v) is 7.84. The smallest absolute Gasteiger partial charge is 0.227 e. The van der Waals surface area contributed by atoms with Gasteiger partial charge in [0.25, 0.3) is 0 Å². The summed E-state index contributed by atoms with van der Waals surface area (Å²) in [6.45, 7) is 5.11. The van der Waals surface area contributed by atoms with Gasteiger partial charge in [0.1, 0.15) is 5.65 Å². The molecule has 4 rings (SSSR count). The van der Waals surface area contributed by atoms with E-state index >= 15 is 0 Å². The molecule has 0 bridgehead atoms. The molecule has 0 aromatic carbocycles. The molecule has 2 aliphatic rings. The van der Waals surface area contributed by atoms with Crippen LogP contribution in [0.2, 0.25) is 0 Å². The van der Waals surface area contributed by atoms with Crippen molar-refractivity contribution in [1.29, 1.82) is 0 Å². The second kappa shape index (κ2) is 6.96. The van der Waals surface area contributed by atoms with Crippen molar-refractivity contribution in [2.24, 2.45) is 5.92 Å². The number of anilines is 2. The van der Waals surface area contributed by atoms with Crippen LogP contribution >= 0.6 is 15.9 Å². The first-order chi connectivity index (χ1) is 12.2. The average molecular weight is 406 g/mol. The SMILES string of the molecule is CCN[C@@H]1CCCN(c2c(Br)cnc3[nH]cc(NC(=O)C4CC4)c23)C1. The van der Waals surface area contributed by atoms with Crippen molar-refractivity contribution >= 4 is 44.2 Å². The Bertz CT molecular complexity index is 783. The fraction of sp³-hybridized carbons (Fsp3) is 0.556. The van der Waals surface area contributed by atoms with Gasteiger partial charge in [0, 0.05) is 37.4 Å². The topological polar surface area (TPSA) is 73.1 Å². The summed E-state index contributed by atoms with van der Waals surface area (Å²) in [4.78, 5) is 22.3. The lowest BCUT2D eigenvalue weighted by Crippen LogP contribution is -2.45. The monoisotopic (exact) mass is 405 g/mol. The molecule has 25 heavy (non-hydrogen) atoms. The average Bonchev–Trinajstić information content (AvgIpc) is 3.39. The third-order valence-electron chi connectivity index (χ3n) is 5.07. The van der Waals surface area contributed by atoms with Crippen LogP contribution in [0.1, 0.15) is 32.6 Å². The highest BCUT2D eigenvalue weighted by molar-refractivity contribution is 9.10. The molecule has 1 atom stereocenters. The number of hydrogen-bond donors (Lipinski definition) is 3. The number of fused-ring (bicyclic) bond motifs is 1. The first-order valence-electron chi connectivity index (χ1n) is 9.12. The molecule has 1 saturated carbocycles. The molecule has 0 unspecified atom stereocenters. The molecule has 6 nitrogen and oxygen atoms in total. The van der Waals surface area contributed by atoms with Crippen LogP contribution in [0.3, 0.4) is 0 Å². The number of rotatable bonds is 5. The Morgan fingerprint density at radius 3 is 3.04 bits per heavy atom. The standard InChI is InChI=1S/C18H24BrN5O/c1-2-20-12-4-3-7-24(10-12)16-13(19)8-21-17-15(16)14(9-22-17)23-18(25)11-5-6-11/h8-9,11-12,20H,2-7,10H2,1H3,(H,21,22)(H,23,25)/t12-/m1/s1. The Morgan fingerprint density at radius 1 is 1.44 bits per heavy atom. The van der Waals surface area contributed by atoms with Crippen molar-refractivity contribution in [3.05, 3.63) is 16.9 Å². The number of aromatic nitrogens is 2. The number of halogens is 1. The van der Waals surface area contributed by atoms with E-state index in [9.17, 15) is 4.79 Å². The van der Waals surface area contributed by atoms with Crippen LogP contribution < -0.4 is 15.5 Å². The van der Waals surface area contributed by atoms with E-state index in [0.717, 1.165) is 65.8 Å². The number of aromatic amines is 1. The Hall–Kier alpha value is -1.60. The Kier molecular flexibility index (Phi) is 4.69. The summed E-state index contributed by atoms with van der Waals surface area (Å²) < 4.78 is 0.971. The molecule has 0 radical (unpaired) electrons. The molecule has 2 aromatic heterocycles. The zero-order chi connectivity index (χ0) is 17.4. The summed E-state index contributed by atoms with van der Waals surface area (Å²) in [7, 11) is 0. The van der Waals surface area contributed by atoms with Crippen molar-refractivity contribution in [2.75, 3.05) is 29.9 Å². The summed E-state index contributed by atoms with van der Waals surface area (Å²) >= 11 is 3.69. The zero-order valence-electron chi connectivity index (χ0n) is 14.4. The minimum atomic E-state index is 0.121. The number of pyridine rings is 1. The van der Waals surface area contributed by atoms with Gasteiger partial charge in [-0.05, 0) is 48.2 Å². The fourth-order valence-corrected chi connectivity index (χ4v) is 4.23. The van der Waals surface area contributed by atoms with E-state index in [-0.39, 0.29) is 11.8 Å². The number of nitrogens with one attached hydrogen (secondary N) is 3. The summed E-state index contributed by atoms with van der Waals surface area (Å²) in [5, 5.41) is 7.66. The van der Waals surface area contributed by atoms with Crippen LogP contribution in [0.5, 0.6) is 0 Å². The molecule has 1 aliphatic heterocycles. The van der Waals surface area contributed by atoms with Crippen molar-refractivity contribution < 1.29 is 4.79 Å². The molecular formula is C18H24BrN5O. The predicted molar refractivity (Wildman–Crippen MR) is 104 cm³/mol. The van der Waals surface area contributed by atoms with Gasteiger partial charge in [0.15, 0.2) is 0 Å². The van der Waals surface area contributed by atoms with E-state index in [2.05, 4.69) is 48.4 Å². The maximum absolute atomic E-state index is 12.2. The Morgan fingerprint density at radius 2 is 2.28 bits per heavy atom. The van der Waals surface area contributed by atoms with Crippen LogP contribution in [-0.2, 0) is 4.79 Å². The normalized spacial score (nSPS) is 20.9. The van der Waals surface area contributed by atoms with Gasteiger partial charge in [-0.1, -0.05) is 6.92 Å². The highest BCUT2D eigenvalue weighted by Gasteiger charge is 2.31. The molecule has 3 N–H and O–H groups in total. The third kappa shape index (κ3) is 3.40. The van der Waals surface area contributed by atoms with Gasteiger partial charge in [-0.15, -0.1) is 0 Å². The highest BCUT2D eigenvalue weighted by atomic mass is 79.9. The number of carbonyl (C=O) groups excluding carboxylic acids is 1. The molecule has 1 amide bonds. The van der Waals surface area contributed by atoms with Gasteiger partial charge in [0.05, 0.1) is 21.2 Å². The van der Waals surface area contributed by atoms with Crippen molar-refractivity contribution in [3.8, 4) is 0 Å². The van der Waals surface area contributed by atoms with Gasteiger partial charge in [-0.2, -0.15) is 0 Å². The molecule has 2 fully saturated rings. The fourth-order valence-electron chi connectivity index (χ4n) is 3.68. The Balaban J connectivity index is 1.70. The number of amides is 1. The summed E-state index contributed by atoms with van der Waals surface area (Å²) in [5.41, 5.74) is 2.77. The van der Waals surface area contributed by atoms with E-state index in [1.165, 1.54) is 6.42 Å². The molecular weight excluding hydrogens is 382 g/mol.